The predicted octanol–water partition coefficient (Wildman–Crippen LogP) is 3.31. The minimum Gasteiger partial charge on any atom is -0.486 e. The highest BCUT2D eigenvalue weighted by atomic mass is 16.6. The van der Waals surface area contributed by atoms with Crippen molar-refractivity contribution in [1.29, 1.82) is 0 Å². The number of benzene rings is 2. The van der Waals surface area contributed by atoms with E-state index in [0.717, 1.165) is 29.2 Å². The van der Waals surface area contributed by atoms with E-state index in [0.29, 0.717) is 19.8 Å². The first-order chi connectivity index (χ1) is 12.2. The molecular formula is C20H24N2O3. The van der Waals surface area contributed by atoms with Crippen LogP contribution in [0.5, 0.6) is 11.5 Å². The highest BCUT2D eigenvalue weighted by Gasteiger charge is 2.22. The number of amides is 1. The van der Waals surface area contributed by atoms with Crippen LogP contribution < -0.4 is 14.8 Å². The Kier molecular flexibility index (Phi) is 5.56. The van der Waals surface area contributed by atoms with Crippen LogP contribution in [0.2, 0.25) is 0 Å². The number of hydrogen-bond acceptors (Lipinski definition) is 4. The van der Waals surface area contributed by atoms with Crippen LogP contribution in [0, 0.1) is 0 Å². The van der Waals surface area contributed by atoms with E-state index in [1.165, 1.54) is 0 Å². The number of rotatable bonds is 6. The Bertz CT molecular complexity index is 718. The third-order valence-electron chi connectivity index (χ3n) is 4.30. The SMILES string of the molecule is CC[C@H](C(=O)Nc1ccccc1)N(C)Cc1ccc2c(c1)OCCO2. The molecule has 1 heterocycles. The molecule has 0 saturated carbocycles. The molecule has 5 heteroatoms. The summed E-state index contributed by atoms with van der Waals surface area (Å²) in [5.41, 5.74) is 1.91. The van der Waals surface area contributed by atoms with Gasteiger partial charge in [0.25, 0.3) is 0 Å². The lowest BCUT2D eigenvalue weighted by Gasteiger charge is -2.27. The summed E-state index contributed by atoms with van der Waals surface area (Å²) in [6.07, 6.45) is 0.736. The van der Waals surface area contributed by atoms with E-state index in [9.17, 15) is 4.79 Å². The van der Waals surface area contributed by atoms with E-state index >= 15 is 0 Å². The van der Waals surface area contributed by atoms with Crippen molar-refractivity contribution < 1.29 is 14.3 Å². The highest BCUT2D eigenvalue weighted by molar-refractivity contribution is 5.94. The Labute approximate surface area is 148 Å². The van der Waals surface area contributed by atoms with Crippen molar-refractivity contribution in [3.8, 4) is 11.5 Å². The number of nitrogens with one attached hydrogen (secondary N) is 1. The van der Waals surface area contributed by atoms with E-state index in [1.54, 1.807) is 0 Å². The van der Waals surface area contributed by atoms with Gasteiger partial charge in [-0.05, 0) is 43.3 Å². The molecule has 1 atom stereocenters. The molecule has 1 N–H and O–H groups in total. The number of anilines is 1. The third kappa shape index (κ3) is 4.31. The standard InChI is InChI=1S/C20H24N2O3/c1-3-17(20(23)21-16-7-5-4-6-8-16)22(2)14-15-9-10-18-19(13-15)25-12-11-24-18/h4-10,13,17H,3,11-12,14H2,1-2H3,(H,21,23)/t17-/m1/s1. The largest absolute Gasteiger partial charge is 0.486 e. The second kappa shape index (κ2) is 8.03. The summed E-state index contributed by atoms with van der Waals surface area (Å²) < 4.78 is 11.2. The van der Waals surface area contributed by atoms with Gasteiger partial charge in [0, 0.05) is 12.2 Å². The van der Waals surface area contributed by atoms with E-state index in [-0.39, 0.29) is 11.9 Å². The van der Waals surface area contributed by atoms with Gasteiger partial charge < -0.3 is 14.8 Å². The van der Waals surface area contributed by atoms with Crippen molar-refractivity contribution in [2.45, 2.75) is 25.9 Å². The Morgan fingerprint density at radius 1 is 1.12 bits per heavy atom. The Morgan fingerprint density at radius 3 is 2.56 bits per heavy atom. The van der Waals surface area contributed by atoms with Crippen molar-refractivity contribution in [2.75, 3.05) is 25.6 Å². The van der Waals surface area contributed by atoms with Crippen LogP contribution in [0.15, 0.2) is 48.5 Å². The number of nitrogens with zero attached hydrogens (tertiary/aromatic N) is 1. The normalized spacial score (nSPS) is 14.2. The number of carbonyl (C=O) groups excluding carboxylic acids is 1. The number of carbonyl (C=O) groups is 1. The molecule has 0 spiro atoms. The fourth-order valence-corrected chi connectivity index (χ4v) is 3.03. The molecule has 2 aromatic rings. The van der Waals surface area contributed by atoms with Crippen LogP contribution in [0.1, 0.15) is 18.9 Å². The Morgan fingerprint density at radius 2 is 1.84 bits per heavy atom. The molecule has 0 saturated heterocycles. The lowest BCUT2D eigenvalue weighted by molar-refractivity contribution is -0.121. The molecule has 0 bridgehead atoms. The van der Waals surface area contributed by atoms with E-state index < -0.39 is 0 Å². The monoisotopic (exact) mass is 340 g/mol. The maximum atomic E-state index is 12.6. The van der Waals surface area contributed by atoms with Gasteiger partial charge in [0.05, 0.1) is 6.04 Å². The summed E-state index contributed by atoms with van der Waals surface area (Å²) in [5.74, 6) is 1.57. The smallest absolute Gasteiger partial charge is 0.241 e. The average Bonchev–Trinajstić information content (AvgIpc) is 2.63. The summed E-state index contributed by atoms with van der Waals surface area (Å²) >= 11 is 0. The van der Waals surface area contributed by atoms with Gasteiger partial charge >= 0.3 is 0 Å². The van der Waals surface area contributed by atoms with Crippen LogP contribution >= 0.6 is 0 Å². The van der Waals surface area contributed by atoms with Crippen molar-refractivity contribution in [1.82, 2.24) is 4.90 Å². The first-order valence-corrected chi connectivity index (χ1v) is 8.62. The van der Waals surface area contributed by atoms with Crippen LogP contribution in [-0.4, -0.2) is 37.1 Å². The van der Waals surface area contributed by atoms with Crippen LogP contribution in [-0.2, 0) is 11.3 Å². The summed E-state index contributed by atoms with van der Waals surface area (Å²) in [6, 6.07) is 15.3. The molecule has 5 nitrogen and oxygen atoms in total. The molecule has 1 aliphatic heterocycles. The Balaban J connectivity index is 1.65. The first kappa shape index (κ1) is 17.3. The van der Waals surface area contributed by atoms with Gasteiger partial charge in [-0.25, -0.2) is 0 Å². The van der Waals surface area contributed by atoms with Gasteiger partial charge in [0.2, 0.25) is 5.91 Å². The van der Waals surface area contributed by atoms with Crippen molar-refractivity contribution in [2.24, 2.45) is 0 Å². The van der Waals surface area contributed by atoms with E-state index in [4.69, 9.17) is 9.47 Å². The highest BCUT2D eigenvalue weighted by Crippen LogP contribution is 2.31. The quantitative estimate of drug-likeness (QED) is 0.876. The topological polar surface area (TPSA) is 50.8 Å². The minimum atomic E-state index is -0.201. The number of para-hydroxylation sites is 1. The molecule has 0 fully saturated rings. The molecule has 25 heavy (non-hydrogen) atoms. The lowest BCUT2D eigenvalue weighted by atomic mass is 10.1. The van der Waals surface area contributed by atoms with E-state index in [1.807, 2.05) is 62.5 Å². The van der Waals surface area contributed by atoms with Gasteiger partial charge in [-0.3, -0.25) is 9.69 Å². The molecule has 132 valence electrons. The first-order valence-electron chi connectivity index (χ1n) is 8.62. The number of fused-ring (bicyclic) bond motifs is 1. The van der Waals surface area contributed by atoms with Crippen LogP contribution in [0.3, 0.4) is 0 Å². The molecule has 2 aromatic carbocycles. The second-order valence-electron chi connectivity index (χ2n) is 6.17. The summed E-state index contributed by atoms with van der Waals surface area (Å²) in [7, 11) is 1.97. The maximum absolute atomic E-state index is 12.6. The predicted molar refractivity (Wildman–Crippen MR) is 98.0 cm³/mol. The van der Waals surface area contributed by atoms with Crippen molar-refractivity contribution in [3.05, 3.63) is 54.1 Å². The minimum absolute atomic E-state index is 0.00810. The number of hydrogen-bond donors (Lipinski definition) is 1. The molecule has 3 rings (SSSR count). The van der Waals surface area contributed by atoms with Crippen molar-refractivity contribution >= 4 is 11.6 Å². The third-order valence-corrected chi connectivity index (χ3v) is 4.30. The van der Waals surface area contributed by atoms with E-state index in [2.05, 4.69) is 10.2 Å². The van der Waals surface area contributed by atoms with Gasteiger partial charge in [-0.15, -0.1) is 0 Å². The van der Waals surface area contributed by atoms with Gasteiger partial charge in [-0.1, -0.05) is 31.2 Å². The van der Waals surface area contributed by atoms with Gasteiger partial charge in [0.1, 0.15) is 13.2 Å². The molecular weight excluding hydrogens is 316 g/mol. The Hall–Kier alpha value is -2.53. The van der Waals surface area contributed by atoms with Crippen LogP contribution in [0.25, 0.3) is 0 Å². The maximum Gasteiger partial charge on any atom is 0.241 e. The fraction of sp³-hybridized carbons (Fsp3) is 0.350. The second-order valence-corrected chi connectivity index (χ2v) is 6.17. The van der Waals surface area contributed by atoms with Gasteiger partial charge in [0.15, 0.2) is 11.5 Å². The molecule has 0 aliphatic carbocycles. The average molecular weight is 340 g/mol. The van der Waals surface area contributed by atoms with Crippen molar-refractivity contribution in [3.63, 3.8) is 0 Å². The van der Waals surface area contributed by atoms with Crippen LogP contribution in [0.4, 0.5) is 5.69 Å². The molecule has 0 aromatic heterocycles. The summed E-state index contributed by atoms with van der Waals surface area (Å²) in [6.45, 7) is 3.85. The number of ether oxygens (including phenoxy) is 2. The molecule has 0 unspecified atom stereocenters. The zero-order chi connectivity index (χ0) is 17.6. The zero-order valence-corrected chi connectivity index (χ0v) is 14.7. The van der Waals surface area contributed by atoms with Gasteiger partial charge in [-0.2, -0.15) is 0 Å². The lowest BCUT2D eigenvalue weighted by Crippen LogP contribution is -2.41. The zero-order valence-electron chi connectivity index (χ0n) is 14.7. The number of likely N-dealkylation sites (N-methyl/N-ethyl adjacent to an activating group) is 1. The summed E-state index contributed by atoms with van der Waals surface area (Å²) in [5, 5.41) is 2.98. The fourth-order valence-electron chi connectivity index (χ4n) is 3.03. The summed E-state index contributed by atoms with van der Waals surface area (Å²) in [4.78, 5) is 14.7. The molecule has 1 aliphatic rings. The molecule has 0 radical (unpaired) electrons. The molecule has 1 amide bonds.